The molecule has 1 heterocycles. The van der Waals surface area contributed by atoms with E-state index in [1.165, 1.54) is 12.1 Å². The lowest BCUT2D eigenvalue weighted by atomic mass is 10.2. The van der Waals surface area contributed by atoms with Crippen LogP contribution in [-0.2, 0) is 4.74 Å². The van der Waals surface area contributed by atoms with E-state index in [-0.39, 0.29) is 9.88 Å². The summed E-state index contributed by atoms with van der Waals surface area (Å²) in [6.07, 6.45) is 0.743. The Balaban J connectivity index is 2.01. The Kier molecular flexibility index (Phi) is 5.42. The molecule has 0 aliphatic heterocycles. The van der Waals surface area contributed by atoms with Gasteiger partial charge in [0.15, 0.2) is 0 Å². The smallest absolute Gasteiger partial charge is 0.338 e. The second kappa shape index (κ2) is 7.50. The largest absolute Gasteiger partial charge is 0.462 e. The van der Waals surface area contributed by atoms with Gasteiger partial charge in [0.25, 0.3) is 5.91 Å². The first-order valence-corrected chi connectivity index (χ1v) is 7.65. The van der Waals surface area contributed by atoms with Gasteiger partial charge >= 0.3 is 11.0 Å². The average molecular weight is 334 g/mol. The van der Waals surface area contributed by atoms with E-state index < -0.39 is 16.8 Å². The van der Waals surface area contributed by atoms with E-state index in [0.717, 1.165) is 17.8 Å². The van der Waals surface area contributed by atoms with Crippen LogP contribution >= 0.6 is 11.3 Å². The molecule has 7 nitrogen and oxygen atoms in total. The fraction of sp³-hybridized carbons (Fsp3) is 0.200. The number of anilines is 1. The van der Waals surface area contributed by atoms with Crippen molar-refractivity contribution in [2.75, 3.05) is 11.9 Å². The molecule has 1 N–H and O–H groups in total. The number of esters is 1. The highest BCUT2D eigenvalue weighted by Crippen LogP contribution is 2.24. The fourth-order valence-electron chi connectivity index (χ4n) is 1.71. The zero-order chi connectivity index (χ0) is 16.8. The number of carbonyl (C=O) groups is 2. The van der Waals surface area contributed by atoms with Crippen molar-refractivity contribution in [3.05, 3.63) is 57.0 Å². The van der Waals surface area contributed by atoms with Crippen molar-refractivity contribution in [3.63, 3.8) is 0 Å². The summed E-state index contributed by atoms with van der Waals surface area (Å²) in [5, 5.41) is 13.1. The van der Waals surface area contributed by atoms with Crippen LogP contribution in [0.2, 0.25) is 0 Å². The second-order valence-electron chi connectivity index (χ2n) is 4.56. The summed E-state index contributed by atoms with van der Waals surface area (Å²) in [5.41, 5.74) is 0.876. The van der Waals surface area contributed by atoms with E-state index in [0.29, 0.717) is 17.9 Å². The average Bonchev–Trinajstić information content (AvgIpc) is 3.03. The SMILES string of the molecule is CCCOC(=O)c1ccc(NC(=O)c2ccc([N+](=O)[O-])s2)cc1. The summed E-state index contributed by atoms with van der Waals surface area (Å²) < 4.78 is 5.00. The van der Waals surface area contributed by atoms with Crippen molar-refractivity contribution in [1.82, 2.24) is 0 Å². The second-order valence-corrected chi connectivity index (χ2v) is 5.62. The lowest BCUT2D eigenvalue weighted by Gasteiger charge is -2.06. The van der Waals surface area contributed by atoms with Gasteiger partial charge in [-0.25, -0.2) is 4.79 Å². The van der Waals surface area contributed by atoms with Gasteiger partial charge in [-0.05, 0) is 36.8 Å². The molecule has 0 aliphatic rings. The molecule has 2 rings (SSSR count). The van der Waals surface area contributed by atoms with Gasteiger partial charge in [-0.2, -0.15) is 0 Å². The zero-order valence-corrected chi connectivity index (χ0v) is 13.1. The molecule has 0 spiro atoms. The number of ether oxygens (including phenoxy) is 1. The molecule has 1 amide bonds. The molecule has 0 atom stereocenters. The van der Waals surface area contributed by atoms with Gasteiger partial charge in [0.1, 0.15) is 0 Å². The highest BCUT2D eigenvalue weighted by atomic mass is 32.1. The maximum atomic E-state index is 12.0. The summed E-state index contributed by atoms with van der Waals surface area (Å²) in [6, 6.07) is 8.92. The summed E-state index contributed by atoms with van der Waals surface area (Å²) in [6.45, 7) is 2.26. The molecule has 2 aromatic rings. The van der Waals surface area contributed by atoms with Crippen LogP contribution in [0.3, 0.4) is 0 Å². The highest BCUT2D eigenvalue weighted by Gasteiger charge is 2.15. The number of thiophene rings is 1. The number of hydrogen-bond donors (Lipinski definition) is 1. The minimum absolute atomic E-state index is 0.0934. The number of hydrogen-bond acceptors (Lipinski definition) is 6. The topological polar surface area (TPSA) is 98.5 Å². The van der Waals surface area contributed by atoms with Gasteiger partial charge in [-0.1, -0.05) is 18.3 Å². The van der Waals surface area contributed by atoms with Crippen LogP contribution in [0.15, 0.2) is 36.4 Å². The minimum Gasteiger partial charge on any atom is -0.462 e. The maximum absolute atomic E-state index is 12.0. The van der Waals surface area contributed by atoms with Crippen LogP contribution in [-0.4, -0.2) is 23.4 Å². The number of amides is 1. The van der Waals surface area contributed by atoms with Crippen molar-refractivity contribution in [1.29, 1.82) is 0 Å². The first-order chi connectivity index (χ1) is 11.0. The maximum Gasteiger partial charge on any atom is 0.338 e. The summed E-state index contributed by atoms with van der Waals surface area (Å²) in [5.74, 6) is -0.858. The number of rotatable bonds is 6. The van der Waals surface area contributed by atoms with Gasteiger partial charge in [-0.15, -0.1) is 0 Å². The van der Waals surface area contributed by atoms with Crippen LogP contribution in [0, 0.1) is 10.1 Å². The van der Waals surface area contributed by atoms with Crippen LogP contribution in [0.5, 0.6) is 0 Å². The van der Waals surface area contributed by atoms with Gasteiger partial charge in [0.2, 0.25) is 0 Å². The molecule has 0 radical (unpaired) electrons. The third-order valence-electron chi connectivity index (χ3n) is 2.81. The molecule has 0 bridgehead atoms. The van der Waals surface area contributed by atoms with E-state index in [2.05, 4.69) is 5.32 Å². The number of nitro groups is 1. The molecular formula is C15H14N2O5S. The minimum atomic E-state index is -0.543. The molecule has 23 heavy (non-hydrogen) atoms. The van der Waals surface area contributed by atoms with Gasteiger partial charge in [-0.3, -0.25) is 14.9 Å². The van der Waals surface area contributed by atoms with Crippen LogP contribution < -0.4 is 5.32 Å². The number of nitrogens with one attached hydrogen (secondary N) is 1. The van der Waals surface area contributed by atoms with Crippen molar-refractivity contribution in [2.24, 2.45) is 0 Å². The Morgan fingerprint density at radius 2 is 1.91 bits per heavy atom. The molecule has 0 fully saturated rings. The Morgan fingerprint density at radius 1 is 1.22 bits per heavy atom. The third-order valence-corrected chi connectivity index (χ3v) is 3.85. The first-order valence-electron chi connectivity index (χ1n) is 6.84. The molecule has 8 heteroatoms. The van der Waals surface area contributed by atoms with Crippen LogP contribution in [0.25, 0.3) is 0 Å². The van der Waals surface area contributed by atoms with E-state index in [9.17, 15) is 19.7 Å². The molecular weight excluding hydrogens is 320 g/mol. The first kappa shape index (κ1) is 16.6. The Morgan fingerprint density at radius 3 is 2.48 bits per heavy atom. The zero-order valence-electron chi connectivity index (χ0n) is 12.3. The van der Waals surface area contributed by atoms with E-state index in [4.69, 9.17) is 4.74 Å². The Hall–Kier alpha value is -2.74. The standard InChI is InChI=1S/C15H14N2O5S/c1-2-9-22-15(19)10-3-5-11(6-4-10)16-14(18)12-7-8-13(23-12)17(20)21/h3-8H,2,9H2,1H3,(H,16,18). The molecule has 0 unspecified atom stereocenters. The normalized spacial score (nSPS) is 10.1. The summed E-state index contributed by atoms with van der Waals surface area (Å²) >= 11 is 0.800. The van der Waals surface area contributed by atoms with E-state index >= 15 is 0 Å². The quantitative estimate of drug-likeness (QED) is 0.495. The Labute approximate surface area is 136 Å². The summed E-state index contributed by atoms with van der Waals surface area (Å²) in [7, 11) is 0. The molecule has 0 aliphatic carbocycles. The van der Waals surface area contributed by atoms with Crippen LogP contribution in [0.4, 0.5) is 10.7 Å². The predicted octanol–water partition coefficient (Wildman–Crippen LogP) is 3.48. The van der Waals surface area contributed by atoms with Crippen molar-refractivity contribution < 1.29 is 19.2 Å². The fourth-order valence-corrected chi connectivity index (χ4v) is 2.42. The number of carbonyl (C=O) groups excluding carboxylic acids is 2. The van der Waals surface area contributed by atoms with Crippen LogP contribution in [0.1, 0.15) is 33.4 Å². The number of nitrogens with zero attached hydrogens (tertiary/aromatic N) is 1. The number of benzene rings is 1. The molecule has 1 aromatic carbocycles. The van der Waals surface area contributed by atoms with Crippen molar-refractivity contribution in [3.8, 4) is 0 Å². The van der Waals surface area contributed by atoms with E-state index in [1.54, 1.807) is 24.3 Å². The van der Waals surface area contributed by atoms with Crippen molar-refractivity contribution >= 4 is 33.9 Å². The molecule has 120 valence electrons. The van der Waals surface area contributed by atoms with E-state index in [1.807, 2.05) is 6.92 Å². The molecule has 0 saturated heterocycles. The molecule has 1 aromatic heterocycles. The van der Waals surface area contributed by atoms with Gasteiger partial charge < -0.3 is 10.1 Å². The molecule has 0 saturated carbocycles. The lowest BCUT2D eigenvalue weighted by molar-refractivity contribution is -0.380. The van der Waals surface area contributed by atoms with Gasteiger partial charge in [0.05, 0.1) is 22.0 Å². The third kappa shape index (κ3) is 4.36. The summed E-state index contributed by atoms with van der Waals surface area (Å²) in [4.78, 5) is 34.0. The van der Waals surface area contributed by atoms with Crippen molar-refractivity contribution in [2.45, 2.75) is 13.3 Å². The highest BCUT2D eigenvalue weighted by molar-refractivity contribution is 7.17. The Bertz CT molecular complexity index is 724. The monoisotopic (exact) mass is 334 g/mol. The predicted molar refractivity (Wildman–Crippen MR) is 85.9 cm³/mol. The lowest BCUT2D eigenvalue weighted by Crippen LogP contribution is -2.10. The van der Waals surface area contributed by atoms with Gasteiger partial charge in [0, 0.05) is 11.8 Å².